The maximum atomic E-state index is 13.0. The Morgan fingerprint density at radius 1 is 1.07 bits per heavy atom. The van der Waals surface area contributed by atoms with E-state index in [1.165, 1.54) is 24.3 Å². The molecule has 0 radical (unpaired) electrons. The van der Waals surface area contributed by atoms with Gasteiger partial charge in [-0.2, -0.15) is 0 Å². The Morgan fingerprint density at radius 3 is 2.53 bits per heavy atom. The zero-order valence-corrected chi connectivity index (χ0v) is 18.1. The van der Waals surface area contributed by atoms with Gasteiger partial charge in [0.2, 0.25) is 10.0 Å². The Kier molecular flexibility index (Phi) is 6.91. The van der Waals surface area contributed by atoms with E-state index >= 15 is 0 Å². The third kappa shape index (κ3) is 4.89. The molecular weight excluding hydrogens is 404 g/mol. The van der Waals surface area contributed by atoms with E-state index in [1.807, 2.05) is 38.1 Å². The first-order valence-electron chi connectivity index (χ1n) is 9.79. The highest BCUT2D eigenvalue weighted by Gasteiger charge is 2.22. The summed E-state index contributed by atoms with van der Waals surface area (Å²) in [5, 5.41) is 0.547. The molecule has 1 aromatic heterocycles. The van der Waals surface area contributed by atoms with E-state index in [2.05, 4.69) is 9.62 Å². The second-order valence-corrected chi connectivity index (χ2v) is 8.59. The van der Waals surface area contributed by atoms with Gasteiger partial charge in [-0.3, -0.25) is 4.90 Å². The molecule has 0 fully saturated rings. The molecule has 1 heterocycles. The average Bonchev–Trinajstić information content (AvgIpc) is 2.76. The monoisotopic (exact) mass is 430 g/mol. The van der Waals surface area contributed by atoms with Crippen LogP contribution < -0.4 is 15.1 Å². The molecule has 2 aromatic carbocycles. The van der Waals surface area contributed by atoms with Gasteiger partial charge in [-0.15, -0.1) is 0 Å². The van der Waals surface area contributed by atoms with Gasteiger partial charge in [-0.1, -0.05) is 26.0 Å². The topological polar surface area (TPSA) is 88.9 Å². The highest BCUT2D eigenvalue weighted by molar-refractivity contribution is 7.89. The van der Waals surface area contributed by atoms with Crippen molar-refractivity contribution in [3.63, 3.8) is 0 Å². The molecule has 0 bridgehead atoms. The maximum absolute atomic E-state index is 13.0. The summed E-state index contributed by atoms with van der Waals surface area (Å²) in [6, 6.07) is 14.8. The van der Waals surface area contributed by atoms with Gasteiger partial charge in [-0.25, -0.2) is 17.9 Å². The lowest BCUT2D eigenvalue weighted by Crippen LogP contribution is -2.38. The number of likely N-dealkylation sites (N-methyl/N-ethyl adjacent to an activating group) is 1. The lowest BCUT2D eigenvalue weighted by atomic mass is 10.0. The number of sulfonamides is 1. The van der Waals surface area contributed by atoms with Gasteiger partial charge < -0.3 is 9.15 Å². The van der Waals surface area contributed by atoms with E-state index in [0.717, 1.165) is 24.4 Å². The summed E-state index contributed by atoms with van der Waals surface area (Å²) in [6.07, 6.45) is 0. The van der Waals surface area contributed by atoms with Crippen LogP contribution in [0.4, 0.5) is 0 Å². The number of hydrogen-bond acceptors (Lipinski definition) is 6. The smallest absolute Gasteiger partial charge is 0.336 e. The molecule has 8 heteroatoms. The Morgan fingerprint density at radius 2 is 1.83 bits per heavy atom. The third-order valence-corrected chi connectivity index (χ3v) is 6.52. The summed E-state index contributed by atoms with van der Waals surface area (Å²) < 4.78 is 39.0. The van der Waals surface area contributed by atoms with Gasteiger partial charge in [0.15, 0.2) is 0 Å². The predicted molar refractivity (Wildman–Crippen MR) is 116 cm³/mol. The fourth-order valence-corrected chi connectivity index (χ4v) is 4.53. The summed E-state index contributed by atoms with van der Waals surface area (Å²) in [4.78, 5) is 13.6. The van der Waals surface area contributed by atoms with E-state index in [9.17, 15) is 13.2 Å². The van der Waals surface area contributed by atoms with E-state index in [0.29, 0.717) is 11.0 Å². The number of nitrogens with zero attached hydrogens (tertiary/aromatic N) is 1. The minimum Gasteiger partial charge on any atom is -0.497 e. The van der Waals surface area contributed by atoms with Crippen molar-refractivity contribution in [2.24, 2.45) is 0 Å². The molecule has 3 rings (SSSR count). The number of benzene rings is 2. The molecule has 1 N–H and O–H groups in total. The van der Waals surface area contributed by atoms with Crippen LogP contribution in [0.15, 0.2) is 68.7 Å². The largest absolute Gasteiger partial charge is 0.497 e. The summed E-state index contributed by atoms with van der Waals surface area (Å²) in [5.41, 5.74) is 0.844. The van der Waals surface area contributed by atoms with Crippen molar-refractivity contribution in [2.45, 2.75) is 24.8 Å². The fourth-order valence-electron chi connectivity index (χ4n) is 3.46. The van der Waals surface area contributed by atoms with Crippen molar-refractivity contribution in [3.8, 4) is 5.75 Å². The zero-order valence-electron chi connectivity index (χ0n) is 17.3. The molecule has 0 spiro atoms. The van der Waals surface area contributed by atoms with E-state index in [1.54, 1.807) is 13.2 Å². The van der Waals surface area contributed by atoms with Crippen molar-refractivity contribution in [1.29, 1.82) is 0 Å². The summed E-state index contributed by atoms with van der Waals surface area (Å²) in [5.74, 6) is 0.725. The minimum atomic E-state index is -3.76. The normalized spacial score (nSPS) is 12.9. The quantitative estimate of drug-likeness (QED) is 0.525. The van der Waals surface area contributed by atoms with Gasteiger partial charge in [0, 0.05) is 24.0 Å². The van der Waals surface area contributed by atoms with E-state index < -0.39 is 15.6 Å². The Labute approximate surface area is 176 Å². The summed E-state index contributed by atoms with van der Waals surface area (Å²) >= 11 is 0. The number of nitrogens with one attached hydrogen (secondary N) is 1. The molecule has 0 saturated carbocycles. The van der Waals surface area contributed by atoms with Crippen molar-refractivity contribution >= 4 is 21.0 Å². The number of ether oxygens (including phenoxy) is 1. The van der Waals surface area contributed by atoms with Crippen molar-refractivity contribution in [1.82, 2.24) is 9.62 Å². The Bertz CT molecular complexity index is 1170. The van der Waals surface area contributed by atoms with Crippen LogP contribution in [0.3, 0.4) is 0 Å². The third-order valence-electron chi connectivity index (χ3n) is 5.10. The highest BCUT2D eigenvalue weighted by atomic mass is 32.2. The molecule has 160 valence electrons. The maximum Gasteiger partial charge on any atom is 0.336 e. The lowest BCUT2D eigenvalue weighted by molar-refractivity contribution is 0.219. The number of hydrogen-bond donors (Lipinski definition) is 1. The van der Waals surface area contributed by atoms with Gasteiger partial charge in [0.25, 0.3) is 0 Å². The fraction of sp³-hybridized carbons (Fsp3) is 0.318. The Hall–Kier alpha value is -2.68. The molecule has 0 amide bonds. The SMILES string of the molecule is CCN(CC)C(CNS(=O)(=O)c1ccc2oc(=O)ccc2c1)c1cccc(OC)c1. The number of methoxy groups -OCH3 is 1. The predicted octanol–water partition coefficient (Wildman–Crippen LogP) is 3.16. The molecule has 30 heavy (non-hydrogen) atoms. The highest BCUT2D eigenvalue weighted by Crippen LogP contribution is 2.25. The molecule has 0 aliphatic carbocycles. The van der Waals surface area contributed by atoms with Crippen molar-refractivity contribution in [2.75, 3.05) is 26.7 Å². The van der Waals surface area contributed by atoms with Crippen LogP contribution in [0.5, 0.6) is 5.75 Å². The molecule has 7 nitrogen and oxygen atoms in total. The van der Waals surface area contributed by atoms with Gasteiger partial charge >= 0.3 is 5.63 Å². The molecule has 1 atom stereocenters. The number of rotatable bonds is 9. The van der Waals surface area contributed by atoms with Crippen molar-refractivity contribution in [3.05, 3.63) is 70.6 Å². The number of fused-ring (bicyclic) bond motifs is 1. The first-order valence-corrected chi connectivity index (χ1v) is 11.3. The molecule has 0 saturated heterocycles. The van der Waals surface area contributed by atoms with Crippen LogP contribution in [0.1, 0.15) is 25.5 Å². The summed E-state index contributed by atoms with van der Waals surface area (Å²) in [6.45, 7) is 5.84. The second-order valence-electron chi connectivity index (χ2n) is 6.82. The zero-order chi connectivity index (χ0) is 21.7. The van der Waals surface area contributed by atoms with Gasteiger partial charge in [-0.05, 0) is 55.1 Å². The first kappa shape index (κ1) is 22.0. The molecule has 0 aliphatic rings. The Balaban J connectivity index is 1.88. The van der Waals surface area contributed by atoms with Crippen LogP contribution in [-0.4, -0.2) is 40.1 Å². The molecule has 1 unspecified atom stereocenters. The van der Waals surface area contributed by atoms with Crippen LogP contribution in [0, 0.1) is 0 Å². The van der Waals surface area contributed by atoms with Crippen LogP contribution in [0.2, 0.25) is 0 Å². The lowest BCUT2D eigenvalue weighted by Gasteiger charge is -2.30. The molecule has 3 aromatic rings. The van der Waals surface area contributed by atoms with Crippen molar-refractivity contribution < 1.29 is 17.6 Å². The van der Waals surface area contributed by atoms with E-state index in [4.69, 9.17) is 9.15 Å². The van der Waals surface area contributed by atoms with E-state index in [-0.39, 0.29) is 17.5 Å². The molecular formula is C22H26N2O5S. The standard InChI is InChI=1S/C22H26N2O5S/c1-4-24(5-2)20(16-7-6-8-18(13-16)28-3)15-23-30(26,27)19-10-11-21-17(14-19)9-12-22(25)29-21/h6-14,20,23H,4-5,15H2,1-3H3. The van der Waals surface area contributed by atoms with Crippen LogP contribution in [0.25, 0.3) is 11.0 Å². The molecule has 0 aliphatic heterocycles. The van der Waals surface area contributed by atoms with Crippen LogP contribution in [-0.2, 0) is 10.0 Å². The van der Waals surface area contributed by atoms with Gasteiger partial charge in [0.05, 0.1) is 12.0 Å². The second kappa shape index (κ2) is 9.42. The first-order chi connectivity index (χ1) is 14.4. The summed E-state index contributed by atoms with van der Waals surface area (Å²) in [7, 11) is -2.15. The van der Waals surface area contributed by atoms with Crippen LogP contribution >= 0.6 is 0 Å². The van der Waals surface area contributed by atoms with Gasteiger partial charge in [0.1, 0.15) is 11.3 Å². The average molecular weight is 431 g/mol. The minimum absolute atomic E-state index is 0.118.